The predicted molar refractivity (Wildman–Crippen MR) is 137 cm³/mol. The van der Waals surface area contributed by atoms with E-state index >= 15 is 0 Å². The molecular formula is C26H25N3O3S2. The highest BCUT2D eigenvalue weighted by Crippen LogP contribution is 2.30. The Hall–Kier alpha value is -3.07. The molecule has 0 unspecified atom stereocenters. The number of anilines is 1. The number of fused-ring (bicyclic) bond motifs is 1. The molecule has 2 heterocycles. The SMILES string of the molecule is CC1CCN(S(=O)(=O)c2ccc(C(=O)Nc3ccc(-c4nc5ccccc5s4)cc3)cc2)CC1. The summed E-state index contributed by atoms with van der Waals surface area (Å²) in [5.74, 6) is 0.260. The second-order valence-electron chi connectivity index (χ2n) is 8.63. The Bertz CT molecular complexity index is 1390. The van der Waals surface area contributed by atoms with Gasteiger partial charge in [-0.05, 0) is 79.4 Å². The van der Waals surface area contributed by atoms with Crippen LogP contribution in [0.1, 0.15) is 30.1 Å². The number of carbonyl (C=O) groups excluding carboxylic acids is 1. The number of carbonyl (C=O) groups is 1. The van der Waals surface area contributed by atoms with Gasteiger partial charge in [-0.3, -0.25) is 4.79 Å². The molecular weight excluding hydrogens is 466 g/mol. The molecule has 6 nitrogen and oxygen atoms in total. The number of hydrogen-bond acceptors (Lipinski definition) is 5. The van der Waals surface area contributed by atoms with Crippen LogP contribution in [0.2, 0.25) is 0 Å². The van der Waals surface area contributed by atoms with Crippen molar-refractivity contribution in [1.29, 1.82) is 0 Å². The molecule has 0 aliphatic carbocycles. The molecule has 1 fully saturated rings. The first kappa shape index (κ1) is 22.7. The van der Waals surface area contributed by atoms with Crippen LogP contribution in [0.3, 0.4) is 0 Å². The van der Waals surface area contributed by atoms with Crippen molar-refractivity contribution in [2.45, 2.75) is 24.7 Å². The number of rotatable bonds is 5. The molecule has 0 spiro atoms. The van der Waals surface area contributed by atoms with Crippen molar-refractivity contribution < 1.29 is 13.2 Å². The lowest BCUT2D eigenvalue weighted by Crippen LogP contribution is -2.37. The van der Waals surface area contributed by atoms with E-state index in [1.165, 1.54) is 16.4 Å². The number of piperidine rings is 1. The summed E-state index contributed by atoms with van der Waals surface area (Å²) in [6, 6.07) is 21.7. The van der Waals surface area contributed by atoms with Gasteiger partial charge in [-0.25, -0.2) is 13.4 Å². The highest BCUT2D eigenvalue weighted by molar-refractivity contribution is 7.89. The molecule has 4 aromatic rings. The Morgan fingerprint density at radius 2 is 1.65 bits per heavy atom. The lowest BCUT2D eigenvalue weighted by Gasteiger charge is -2.29. The van der Waals surface area contributed by atoms with Gasteiger partial charge in [-0.1, -0.05) is 19.1 Å². The van der Waals surface area contributed by atoms with Crippen molar-refractivity contribution >= 4 is 43.2 Å². The fourth-order valence-electron chi connectivity index (χ4n) is 4.05. The summed E-state index contributed by atoms with van der Waals surface area (Å²) < 4.78 is 28.5. The second kappa shape index (κ2) is 9.29. The number of aromatic nitrogens is 1. The highest BCUT2D eigenvalue weighted by Gasteiger charge is 2.28. The molecule has 8 heteroatoms. The van der Waals surface area contributed by atoms with Crippen LogP contribution in [0.25, 0.3) is 20.8 Å². The monoisotopic (exact) mass is 491 g/mol. The van der Waals surface area contributed by atoms with Crippen molar-refractivity contribution in [2.24, 2.45) is 5.92 Å². The average Bonchev–Trinajstić information content (AvgIpc) is 3.29. The number of nitrogens with one attached hydrogen (secondary N) is 1. The Labute approximate surface area is 203 Å². The van der Waals surface area contributed by atoms with Gasteiger partial charge in [0.2, 0.25) is 10.0 Å². The number of para-hydroxylation sites is 1. The number of amides is 1. The first-order valence-electron chi connectivity index (χ1n) is 11.3. The number of sulfonamides is 1. The molecule has 5 rings (SSSR count). The minimum atomic E-state index is -3.53. The second-order valence-corrected chi connectivity index (χ2v) is 11.6. The Morgan fingerprint density at radius 1 is 0.971 bits per heavy atom. The molecule has 0 saturated carbocycles. The van der Waals surface area contributed by atoms with Gasteiger partial charge in [0, 0.05) is 29.9 Å². The molecule has 174 valence electrons. The first-order chi connectivity index (χ1) is 16.4. The van der Waals surface area contributed by atoms with E-state index in [2.05, 4.69) is 23.3 Å². The fourth-order valence-corrected chi connectivity index (χ4v) is 6.49. The summed E-state index contributed by atoms with van der Waals surface area (Å²) in [6.45, 7) is 3.23. The average molecular weight is 492 g/mol. The lowest BCUT2D eigenvalue weighted by molar-refractivity contribution is 0.102. The van der Waals surface area contributed by atoms with Gasteiger partial charge in [-0.15, -0.1) is 11.3 Å². The third kappa shape index (κ3) is 4.61. The van der Waals surface area contributed by atoms with E-state index in [0.717, 1.165) is 33.6 Å². The normalized spacial score (nSPS) is 15.4. The van der Waals surface area contributed by atoms with E-state index in [0.29, 0.717) is 30.3 Å². The van der Waals surface area contributed by atoms with Gasteiger partial charge < -0.3 is 5.32 Å². The van der Waals surface area contributed by atoms with E-state index in [-0.39, 0.29) is 10.8 Å². The number of hydrogen-bond donors (Lipinski definition) is 1. The molecule has 3 aromatic carbocycles. The molecule has 1 aromatic heterocycles. The van der Waals surface area contributed by atoms with Crippen LogP contribution in [0.15, 0.2) is 77.7 Å². The Balaban J connectivity index is 1.26. The first-order valence-corrected chi connectivity index (χ1v) is 13.5. The highest BCUT2D eigenvalue weighted by atomic mass is 32.2. The maximum atomic E-state index is 12.9. The molecule has 1 aliphatic heterocycles. The summed E-state index contributed by atoms with van der Waals surface area (Å²) in [7, 11) is -3.53. The van der Waals surface area contributed by atoms with Crippen LogP contribution in [0.5, 0.6) is 0 Å². The van der Waals surface area contributed by atoms with Gasteiger partial charge in [0.15, 0.2) is 0 Å². The summed E-state index contributed by atoms with van der Waals surface area (Å²) >= 11 is 1.63. The lowest BCUT2D eigenvalue weighted by atomic mass is 10.0. The van der Waals surface area contributed by atoms with Crippen LogP contribution in [-0.4, -0.2) is 36.7 Å². The van der Waals surface area contributed by atoms with Crippen LogP contribution < -0.4 is 5.32 Å². The molecule has 1 saturated heterocycles. The number of benzene rings is 3. The zero-order chi connectivity index (χ0) is 23.7. The van der Waals surface area contributed by atoms with Crippen LogP contribution in [-0.2, 0) is 10.0 Å². The van der Waals surface area contributed by atoms with Gasteiger partial charge in [0.05, 0.1) is 15.1 Å². The summed E-state index contributed by atoms with van der Waals surface area (Å²) in [5.41, 5.74) is 3.02. The van der Waals surface area contributed by atoms with Crippen molar-refractivity contribution in [1.82, 2.24) is 9.29 Å². The van der Waals surface area contributed by atoms with Crippen LogP contribution in [0, 0.1) is 5.92 Å². The molecule has 0 bridgehead atoms. The van der Waals surface area contributed by atoms with Gasteiger partial charge in [0.1, 0.15) is 5.01 Å². The Kier molecular flexibility index (Phi) is 6.20. The molecule has 0 radical (unpaired) electrons. The van der Waals surface area contributed by atoms with Crippen molar-refractivity contribution in [2.75, 3.05) is 18.4 Å². The maximum Gasteiger partial charge on any atom is 0.255 e. The van der Waals surface area contributed by atoms with Crippen molar-refractivity contribution in [3.8, 4) is 10.6 Å². The predicted octanol–water partition coefficient (Wildman–Crippen LogP) is 5.64. The third-order valence-electron chi connectivity index (χ3n) is 6.18. The largest absolute Gasteiger partial charge is 0.322 e. The molecule has 0 atom stereocenters. The van der Waals surface area contributed by atoms with Gasteiger partial charge in [0.25, 0.3) is 5.91 Å². The van der Waals surface area contributed by atoms with Gasteiger partial charge in [-0.2, -0.15) is 4.31 Å². The summed E-state index contributed by atoms with van der Waals surface area (Å²) in [5, 5.41) is 3.80. The summed E-state index contributed by atoms with van der Waals surface area (Å²) in [4.78, 5) is 17.6. The van der Waals surface area contributed by atoms with Crippen LogP contribution in [0.4, 0.5) is 5.69 Å². The van der Waals surface area contributed by atoms with Crippen molar-refractivity contribution in [3.05, 3.63) is 78.4 Å². The van der Waals surface area contributed by atoms with E-state index in [9.17, 15) is 13.2 Å². The molecule has 1 N–H and O–H groups in total. The van der Waals surface area contributed by atoms with E-state index < -0.39 is 10.0 Å². The Morgan fingerprint density at radius 3 is 2.32 bits per heavy atom. The smallest absolute Gasteiger partial charge is 0.255 e. The molecule has 1 amide bonds. The zero-order valence-electron chi connectivity index (χ0n) is 18.8. The minimum Gasteiger partial charge on any atom is -0.322 e. The zero-order valence-corrected chi connectivity index (χ0v) is 20.4. The molecule has 1 aliphatic rings. The fraction of sp³-hybridized carbons (Fsp3) is 0.231. The topological polar surface area (TPSA) is 79.4 Å². The third-order valence-corrected chi connectivity index (χ3v) is 9.18. The van der Waals surface area contributed by atoms with E-state index in [4.69, 9.17) is 0 Å². The number of nitrogens with zero attached hydrogens (tertiary/aromatic N) is 2. The van der Waals surface area contributed by atoms with Gasteiger partial charge >= 0.3 is 0 Å². The van der Waals surface area contributed by atoms with Crippen molar-refractivity contribution in [3.63, 3.8) is 0 Å². The van der Waals surface area contributed by atoms with Crippen LogP contribution >= 0.6 is 11.3 Å². The quantitative estimate of drug-likeness (QED) is 0.392. The standard InChI is InChI=1S/C26H25N3O3S2/c1-18-14-16-29(17-15-18)34(31,32)22-12-8-19(9-13-22)25(30)27-21-10-6-20(7-11-21)26-28-23-4-2-3-5-24(23)33-26/h2-13,18H,14-17H2,1H3,(H,27,30). The summed E-state index contributed by atoms with van der Waals surface area (Å²) in [6.07, 6.45) is 1.74. The van der Waals surface area contributed by atoms with E-state index in [1.807, 2.05) is 42.5 Å². The maximum absolute atomic E-state index is 12.9. The minimum absolute atomic E-state index is 0.221. The molecule has 34 heavy (non-hydrogen) atoms. The number of thiazole rings is 1. The van der Waals surface area contributed by atoms with E-state index in [1.54, 1.807) is 23.5 Å².